The van der Waals surface area contributed by atoms with Crippen molar-refractivity contribution >= 4 is 22.8 Å². The number of aliphatic hydroxyl groups is 1. The zero-order chi connectivity index (χ0) is 28.8. The van der Waals surface area contributed by atoms with E-state index in [2.05, 4.69) is 5.32 Å². The Labute approximate surface area is 223 Å². The molecular formula is C26H36F6N2O3S. The van der Waals surface area contributed by atoms with Crippen LogP contribution >= 0.6 is 0 Å². The molecule has 12 heteroatoms. The first-order chi connectivity index (χ1) is 17.7. The van der Waals surface area contributed by atoms with Crippen molar-refractivity contribution in [1.29, 1.82) is 5.26 Å². The molecule has 1 aromatic carbocycles. The van der Waals surface area contributed by atoms with Gasteiger partial charge in [0, 0.05) is 18.5 Å². The minimum Gasteiger partial charge on any atom is -0.616 e. The lowest BCUT2D eigenvalue weighted by Crippen LogP contribution is -2.40. The summed E-state index contributed by atoms with van der Waals surface area (Å²) in [6, 6.07) is 4.29. The summed E-state index contributed by atoms with van der Waals surface area (Å²) >= 11 is -1.20. The molecule has 2 atom stereocenters. The topological polar surface area (TPSA) is 96.2 Å². The zero-order valence-electron chi connectivity index (χ0n) is 21.5. The highest BCUT2D eigenvalue weighted by Gasteiger charge is 2.35. The van der Waals surface area contributed by atoms with E-state index in [1.54, 1.807) is 0 Å². The van der Waals surface area contributed by atoms with E-state index < -0.39 is 52.6 Å². The van der Waals surface area contributed by atoms with Gasteiger partial charge in [0.25, 0.3) is 5.91 Å². The summed E-state index contributed by atoms with van der Waals surface area (Å²) < 4.78 is 87.3. The van der Waals surface area contributed by atoms with Gasteiger partial charge in [-0.1, -0.05) is 56.1 Å². The molecule has 1 amide bonds. The number of nitriles is 1. The number of benzene rings is 1. The molecule has 0 saturated heterocycles. The molecule has 0 heterocycles. The summed E-state index contributed by atoms with van der Waals surface area (Å²) in [5, 5.41) is 21.6. The minimum atomic E-state index is -4.75. The fraction of sp³-hybridized carbons (Fsp3) is 0.692. The Morgan fingerprint density at radius 3 is 1.97 bits per heavy atom. The molecule has 0 aliphatic heterocycles. The maximum atomic E-state index is 13.1. The highest BCUT2D eigenvalue weighted by molar-refractivity contribution is 7.91. The number of nitrogens with zero attached hydrogens (tertiary/aromatic N) is 1. The van der Waals surface area contributed by atoms with Crippen LogP contribution in [-0.4, -0.2) is 38.8 Å². The predicted octanol–water partition coefficient (Wildman–Crippen LogP) is 7.26. The highest BCUT2D eigenvalue weighted by Crippen LogP contribution is 2.34. The molecular weight excluding hydrogens is 534 g/mol. The molecule has 1 aromatic rings. The molecule has 0 saturated carbocycles. The number of amides is 1. The van der Waals surface area contributed by atoms with Gasteiger partial charge >= 0.3 is 12.4 Å². The van der Waals surface area contributed by atoms with E-state index in [1.165, 1.54) is 19.1 Å². The lowest BCUT2D eigenvalue weighted by molar-refractivity contribution is -0.138. The van der Waals surface area contributed by atoms with E-state index in [4.69, 9.17) is 5.26 Å². The second-order valence-electron chi connectivity index (χ2n) is 9.60. The van der Waals surface area contributed by atoms with Gasteiger partial charge < -0.3 is 15.0 Å². The number of hydrogen-bond acceptors (Lipinski definition) is 4. The average Bonchev–Trinajstić information content (AvgIpc) is 2.81. The maximum Gasteiger partial charge on any atom is 0.417 e. The van der Waals surface area contributed by atoms with Crippen LogP contribution in [0.2, 0.25) is 0 Å². The molecule has 216 valence electrons. The molecule has 0 aliphatic rings. The third-order valence-corrected chi connectivity index (χ3v) is 7.55. The van der Waals surface area contributed by atoms with Crippen LogP contribution in [0.5, 0.6) is 0 Å². The number of carbonyl (C=O) groups excluding carboxylic acids is 1. The summed E-state index contributed by atoms with van der Waals surface area (Å²) in [6.45, 7) is 1.31. The second-order valence-corrected chi connectivity index (χ2v) is 11.3. The van der Waals surface area contributed by atoms with Gasteiger partial charge in [-0.3, -0.25) is 4.79 Å². The lowest BCUT2D eigenvalue weighted by atomic mass is 9.96. The van der Waals surface area contributed by atoms with E-state index in [9.17, 15) is 40.8 Å². The van der Waals surface area contributed by atoms with Gasteiger partial charge in [-0.05, 0) is 44.4 Å². The van der Waals surface area contributed by atoms with Crippen molar-refractivity contribution in [3.05, 3.63) is 29.3 Å². The van der Waals surface area contributed by atoms with Crippen LogP contribution in [0.3, 0.4) is 0 Å². The summed E-state index contributed by atoms with van der Waals surface area (Å²) in [7, 11) is 0. The molecule has 2 N–H and O–H groups in total. The number of carbonyl (C=O) groups is 1. The van der Waals surface area contributed by atoms with E-state index in [0.29, 0.717) is 18.2 Å². The van der Waals surface area contributed by atoms with Gasteiger partial charge in [0.05, 0.1) is 17.2 Å². The first kappa shape index (κ1) is 34.1. The Bertz CT molecular complexity index is 900. The quantitative estimate of drug-likeness (QED) is 0.117. The molecule has 5 nitrogen and oxygen atoms in total. The second kappa shape index (κ2) is 16.2. The molecule has 0 aromatic heterocycles. The van der Waals surface area contributed by atoms with Crippen molar-refractivity contribution in [1.82, 2.24) is 0 Å². The minimum absolute atomic E-state index is 0.0858. The first-order valence-electron chi connectivity index (χ1n) is 12.7. The highest BCUT2D eigenvalue weighted by atomic mass is 32.2. The Hall–Kier alpha value is -1.97. The molecule has 38 heavy (non-hydrogen) atoms. The molecule has 1 unspecified atom stereocenters. The fourth-order valence-corrected chi connectivity index (χ4v) is 5.04. The van der Waals surface area contributed by atoms with Gasteiger partial charge in [0.1, 0.15) is 17.1 Å². The van der Waals surface area contributed by atoms with E-state index >= 15 is 0 Å². The van der Waals surface area contributed by atoms with E-state index in [-0.39, 0.29) is 24.3 Å². The SMILES string of the molecule is C[C@](O)(CCCCCCCCCCC[S+]([O-])CCCC(F)(F)F)C(=O)Nc1ccc(C#N)c(C(F)(F)F)c1. The van der Waals surface area contributed by atoms with E-state index in [1.807, 2.05) is 0 Å². The third kappa shape index (κ3) is 14.3. The van der Waals surface area contributed by atoms with Crippen LogP contribution in [-0.2, 0) is 22.1 Å². The monoisotopic (exact) mass is 570 g/mol. The normalized spacial score (nSPS) is 14.5. The van der Waals surface area contributed by atoms with Gasteiger partial charge in [-0.15, -0.1) is 0 Å². The smallest absolute Gasteiger partial charge is 0.417 e. The van der Waals surface area contributed by atoms with Crippen molar-refractivity contribution in [3.63, 3.8) is 0 Å². The fourth-order valence-electron chi connectivity index (χ4n) is 3.84. The number of nitrogens with one attached hydrogen (secondary N) is 1. The van der Waals surface area contributed by atoms with Crippen LogP contribution in [0, 0.1) is 11.3 Å². The molecule has 0 fully saturated rings. The number of anilines is 1. The molecule has 1 rings (SSSR count). The van der Waals surface area contributed by atoms with Crippen molar-refractivity contribution in [2.75, 3.05) is 16.8 Å². The largest absolute Gasteiger partial charge is 0.616 e. The lowest BCUT2D eigenvalue weighted by Gasteiger charge is -2.22. The van der Waals surface area contributed by atoms with Crippen LogP contribution in [0.25, 0.3) is 0 Å². The third-order valence-electron chi connectivity index (χ3n) is 6.06. The van der Waals surface area contributed by atoms with Gasteiger partial charge in [-0.25, -0.2) is 0 Å². The van der Waals surface area contributed by atoms with Crippen LogP contribution in [0.4, 0.5) is 32.0 Å². The number of rotatable bonds is 17. The Morgan fingerprint density at radius 2 is 1.45 bits per heavy atom. The van der Waals surface area contributed by atoms with Crippen molar-refractivity contribution in [2.45, 2.75) is 102 Å². The van der Waals surface area contributed by atoms with Crippen molar-refractivity contribution in [2.24, 2.45) is 0 Å². The number of hydrogen-bond donors (Lipinski definition) is 2. The predicted molar refractivity (Wildman–Crippen MR) is 135 cm³/mol. The Balaban J connectivity index is 2.18. The molecule has 0 radical (unpaired) electrons. The first-order valence-corrected chi connectivity index (χ1v) is 14.2. The summed E-state index contributed by atoms with van der Waals surface area (Å²) in [5.41, 5.74) is -3.64. The Kier molecular flexibility index (Phi) is 14.5. The van der Waals surface area contributed by atoms with Crippen molar-refractivity contribution < 1.29 is 40.8 Å². The molecule has 0 spiro atoms. The van der Waals surface area contributed by atoms with Gasteiger partial charge in [-0.2, -0.15) is 31.6 Å². The van der Waals surface area contributed by atoms with Crippen LogP contribution in [0.1, 0.15) is 95.1 Å². The summed E-state index contributed by atoms with van der Waals surface area (Å²) in [4.78, 5) is 12.4. The standard InChI is InChI=1S/C26H36F6N2O3S/c1-24(36,23(35)34-21-13-12-20(19-33)22(18-21)26(30,31)32)14-9-7-5-3-2-4-6-8-10-16-38(37)17-11-15-25(27,28)29/h12-13,18,36H,2-11,14-17H2,1H3,(H,34,35)/t24-,38?/m0/s1. The maximum absolute atomic E-state index is 13.1. The molecule has 0 aliphatic carbocycles. The van der Waals surface area contributed by atoms with Crippen molar-refractivity contribution in [3.8, 4) is 6.07 Å². The van der Waals surface area contributed by atoms with E-state index in [0.717, 1.165) is 57.4 Å². The van der Waals surface area contributed by atoms with Gasteiger partial charge in [0.2, 0.25) is 0 Å². The molecule has 0 bridgehead atoms. The van der Waals surface area contributed by atoms with Crippen LogP contribution in [0.15, 0.2) is 18.2 Å². The van der Waals surface area contributed by atoms with Gasteiger partial charge in [0.15, 0.2) is 0 Å². The average molecular weight is 571 g/mol. The number of alkyl halides is 6. The number of halogens is 6. The Morgan fingerprint density at radius 1 is 0.921 bits per heavy atom. The van der Waals surface area contributed by atoms with Crippen LogP contribution < -0.4 is 5.32 Å². The summed E-state index contributed by atoms with van der Waals surface area (Å²) in [5.74, 6) is -0.306. The number of unbranched alkanes of at least 4 members (excludes halogenated alkanes) is 8. The summed E-state index contributed by atoms with van der Waals surface area (Å²) in [6.07, 6.45) is -2.06. The zero-order valence-corrected chi connectivity index (χ0v) is 22.3.